The van der Waals surface area contributed by atoms with Crippen molar-refractivity contribution in [2.75, 3.05) is 0 Å². The molecule has 31 heavy (non-hydrogen) atoms. The van der Waals surface area contributed by atoms with E-state index in [1.807, 2.05) is 30.5 Å². The average molecular weight is 417 g/mol. The number of tetrazole rings is 1. The Morgan fingerprint density at radius 1 is 1.06 bits per heavy atom. The molecule has 0 fully saturated rings. The second-order valence-corrected chi connectivity index (χ2v) is 7.77. The van der Waals surface area contributed by atoms with Gasteiger partial charge in [-0.05, 0) is 29.7 Å². The van der Waals surface area contributed by atoms with Crippen LogP contribution in [-0.4, -0.2) is 40.4 Å². The van der Waals surface area contributed by atoms with E-state index in [4.69, 9.17) is 15.1 Å². The largest absolute Gasteiger partial charge is 0.260 e. The van der Waals surface area contributed by atoms with Crippen LogP contribution in [0.2, 0.25) is 0 Å². The highest BCUT2D eigenvalue weighted by Gasteiger charge is 2.16. The first-order chi connectivity index (χ1) is 15.2. The SMILES string of the molecule is CCCCn1nc(C(C)CC)nc1Cc1ccc(-c2ccccc2-c2nn[nH]n2)cn1. The van der Waals surface area contributed by atoms with Gasteiger partial charge in [0.1, 0.15) is 5.82 Å². The molecule has 0 aliphatic rings. The Morgan fingerprint density at radius 3 is 2.58 bits per heavy atom. The second-order valence-electron chi connectivity index (χ2n) is 7.77. The fraction of sp³-hybridized carbons (Fsp3) is 0.391. The monoisotopic (exact) mass is 416 g/mol. The number of hydrogen-bond acceptors (Lipinski definition) is 6. The van der Waals surface area contributed by atoms with Gasteiger partial charge in [0.2, 0.25) is 5.82 Å². The zero-order valence-electron chi connectivity index (χ0n) is 18.3. The number of nitrogens with one attached hydrogen (secondary N) is 1. The summed E-state index contributed by atoms with van der Waals surface area (Å²) >= 11 is 0. The van der Waals surface area contributed by atoms with Crippen molar-refractivity contribution in [1.82, 2.24) is 40.4 Å². The van der Waals surface area contributed by atoms with Gasteiger partial charge in [0.05, 0.1) is 0 Å². The number of unbranched alkanes of at least 4 members (excludes halogenated alkanes) is 1. The summed E-state index contributed by atoms with van der Waals surface area (Å²) in [7, 11) is 0. The molecule has 0 aliphatic carbocycles. The van der Waals surface area contributed by atoms with Gasteiger partial charge in [0.15, 0.2) is 5.82 Å². The summed E-state index contributed by atoms with van der Waals surface area (Å²) < 4.78 is 2.06. The summed E-state index contributed by atoms with van der Waals surface area (Å²) in [5.74, 6) is 2.84. The number of H-pyrrole nitrogens is 1. The third-order valence-corrected chi connectivity index (χ3v) is 5.53. The van der Waals surface area contributed by atoms with Gasteiger partial charge in [0, 0.05) is 41.9 Å². The van der Waals surface area contributed by atoms with E-state index in [-0.39, 0.29) is 0 Å². The van der Waals surface area contributed by atoms with Crippen LogP contribution in [0.15, 0.2) is 42.6 Å². The molecular formula is C23H28N8. The third-order valence-electron chi connectivity index (χ3n) is 5.53. The van der Waals surface area contributed by atoms with E-state index in [0.29, 0.717) is 18.2 Å². The van der Waals surface area contributed by atoms with Gasteiger partial charge in [-0.2, -0.15) is 10.3 Å². The maximum Gasteiger partial charge on any atom is 0.205 e. The molecule has 8 heteroatoms. The maximum absolute atomic E-state index is 4.84. The number of rotatable bonds is 9. The molecule has 160 valence electrons. The predicted molar refractivity (Wildman–Crippen MR) is 119 cm³/mol. The van der Waals surface area contributed by atoms with Crippen molar-refractivity contribution in [1.29, 1.82) is 0 Å². The topological polar surface area (TPSA) is 98.1 Å². The lowest BCUT2D eigenvalue weighted by Crippen LogP contribution is -2.07. The van der Waals surface area contributed by atoms with Crippen LogP contribution in [0, 0.1) is 0 Å². The Morgan fingerprint density at radius 2 is 1.90 bits per heavy atom. The Bertz CT molecular complexity index is 1100. The van der Waals surface area contributed by atoms with E-state index < -0.39 is 0 Å². The molecule has 8 nitrogen and oxygen atoms in total. The third kappa shape index (κ3) is 4.68. The highest BCUT2D eigenvalue weighted by Crippen LogP contribution is 2.29. The summed E-state index contributed by atoms with van der Waals surface area (Å²) in [6.45, 7) is 7.44. The molecule has 1 unspecified atom stereocenters. The van der Waals surface area contributed by atoms with Gasteiger partial charge in [-0.15, -0.1) is 10.2 Å². The van der Waals surface area contributed by atoms with Crippen molar-refractivity contribution in [3.63, 3.8) is 0 Å². The molecule has 3 aromatic heterocycles. The Hall–Kier alpha value is -3.42. The Kier molecular flexibility index (Phi) is 6.45. The average Bonchev–Trinajstić information content (AvgIpc) is 3.48. The minimum atomic E-state index is 0.360. The van der Waals surface area contributed by atoms with Gasteiger partial charge in [0.25, 0.3) is 0 Å². The van der Waals surface area contributed by atoms with Gasteiger partial charge in [-0.25, -0.2) is 9.67 Å². The van der Waals surface area contributed by atoms with Crippen LogP contribution in [0.3, 0.4) is 0 Å². The highest BCUT2D eigenvalue weighted by atomic mass is 15.5. The molecule has 0 saturated carbocycles. The van der Waals surface area contributed by atoms with E-state index in [1.165, 1.54) is 0 Å². The van der Waals surface area contributed by atoms with Crippen LogP contribution >= 0.6 is 0 Å². The van der Waals surface area contributed by atoms with Crippen molar-refractivity contribution >= 4 is 0 Å². The molecular weight excluding hydrogens is 388 g/mol. The van der Waals surface area contributed by atoms with Crippen molar-refractivity contribution in [2.24, 2.45) is 0 Å². The molecule has 0 saturated heterocycles. The number of benzene rings is 1. The van der Waals surface area contributed by atoms with Crippen LogP contribution in [0.25, 0.3) is 22.5 Å². The quantitative estimate of drug-likeness (QED) is 0.433. The summed E-state index contributed by atoms with van der Waals surface area (Å²) in [6.07, 6.45) is 5.82. The predicted octanol–water partition coefficient (Wildman–Crippen LogP) is 4.42. The first-order valence-electron chi connectivity index (χ1n) is 10.9. The number of aromatic amines is 1. The minimum Gasteiger partial charge on any atom is -0.260 e. The van der Waals surface area contributed by atoms with E-state index >= 15 is 0 Å². The summed E-state index contributed by atoms with van der Waals surface area (Å²) in [4.78, 5) is 9.57. The van der Waals surface area contributed by atoms with Crippen molar-refractivity contribution in [2.45, 2.75) is 58.9 Å². The molecule has 1 aromatic carbocycles. The van der Waals surface area contributed by atoms with Crippen LogP contribution in [0.5, 0.6) is 0 Å². The fourth-order valence-electron chi connectivity index (χ4n) is 3.46. The summed E-state index contributed by atoms with van der Waals surface area (Å²) in [6, 6.07) is 12.1. The standard InChI is InChI=1S/C23H28N8/c1-4-6-13-31-21(25-22(28-31)16(3)5-2)14-18-12-11-17(15-24-18)19-9-7-8-10-20(19)23-26-29-30-27-23/h7-12,15-16H,4-6,13-14H2,1-3H3,(H,26,27,29,30). The molecule has 0 amide bonds. The number of nitrogens with zero attached hydrogens (tertiary/aromatic N) is 7. The van der Waals surface area contributed by atoms with Crippen molar-refractivity contribution in [3.8, 4) is 22.5 Å². The zero-order valence-corrected chi connectivity index (χ0v) is 18.3. The summed E-state index contributed by atoms with van der Waals surface area (Å²) in [5, 5.41) is 19.2. The molecule has 1 atom stereocenters. The van der Waals surface area contributed by atoms with Gasteiger partial charge in [-0.1, -0.05) is 57.5 Å². The smallest absolute Gasteiger partial charge is 0.205 e. The Balaban J connectivity index is 1.58. The van der Waals surface area contributed by atoms with Gasteiger partial charge < -0.3 is 0 Å². The van der Waals surface area contributed by atoms with E-state index in [9.17, 15) is 0 Å². The summed E-state index contributed by atoms with van der Waals surface area (Å²) in [5.41, 5.74) is 3.93. The fourth-order valence-corrected chi connectivity index (χ4v) is 3.46. The molecule has 1 N–H and O–H groups in total. The number of aryl methyl sites for hydroxylation is 1. The number of aromatic nitrogens is 8. The first-order valence-corrected chi connectivity index (χ1v) is 10.9. The van der Waals surface area contributed by atoms with Gasteiger partial charge in [-0.3, -0.25) is 4.98 Å². The number of pyridine rings is 1. The molecule has 0 spiro atoms. The first kappa shape index (κ1) is 20.8. The molecule has 0 bridgehead atoms. The van der Waals surface area contributed by atoms with Crippen LogP contribution in [0.4, 0.5) is 0 Å². The van der Waals surface area contributed by atoms with Gasteiger partial charge >= 0.3 is 0 Å². The van der Waals surface area contributed by atoms with E-state index in [0.717, 1.165) is 59.8 Å². The molecule has 0 aliphatic heterocycles. The van der Waals surface area contributed by atoms with Crippen LogP contribution < -0.4 is 0 Å². The molecule has 3 heterocycles. The van der Waals surface area contributed by atoms with E-state index in [2.05, 4.69) is 58.2 Å². The normalized spacial score (nSPS) is 12.2. The van der Waals surface area contributed by atoms with E-state index in [1.54, 1.807) is 0 Å². The minimum absolute atomic E-state index is 0.360. The maximum atomic E-state index is 4.84. The lowest BCUT2D eigenvalue weighted by Gasteiger charge is -2.08. The zero-order chi connectivity index (χ0) is 21.6. The van der Waals surface area contributed by atoms with Crippen LogP contribution in [0.1, 0.15) is 63.3 Å². The Labute approximate surface area is 182 Å². The van der Waals surface area contributed by atoms with Crippen LogP contribution in [-0.2, 0) is 13.0 Å². The molecule has 0 radical (unpaired) electrons. The van der Waals surface area contributed by atoms with Crippen molar-refractivity contribution in [3.05, 3.63) is 59.9 Å². The lowest BCUT2D eigenvalue weighted by atomic mass is 10.0. The lowest BCUT2D eigenvalue weighted by molar-refractivity contribution is 0.539. The second kappa shape index (κ2) is 9.59. The number of hydrogen-bond donors (Lipinski definition) is 1. The molecule has 4 aromatic rings. The highest BCUT2D eigenvalue weighted by molar-refractivity contribution is 5.79. The molecule has 4 rings (SSSR count). The van der Waals surface area contributed by atoms with Crippen molar-refractivity contribution < 1.29 is 0 Å².